The number of furan rings is 2. The van der Waals surface area contributed by atoms with Crippen molar-refractivity contribution in [3.8, 4) is 11.6 Å². The maximum Gasteiger partial charge on any atom is 0.216 e. The molecule has 4 heterocycles. The molecule has 1 aliphatic rings. The summed E-state index contributed by atoms with van der Waals surface area (Å²) in [4.78, 5) is 10.6. The topological polar surface area (TPSA) is 58.1 Å². The summed E-state index contributed by atoms with van der Waals surface area (Å²) in [6.45, 7) is 2.00. The number of hydrogen-bond donors (Lipinski definition) is 0. The van der Waals surface area contributed by atoms with Crippen LogP contribution in [-0.2, 0) is 21.1 Å². The van der Waals surface area contributed by atoms with Gasteiger partial charge >= 0.3 is 0 Å². The van der Waals surface area contributed by atoms with Crippen LogP contribution in [0.5, 0.6) is 11.6 Å². The third-order valence-corrected chi connectivity index (χ3v) is 8.11. The Balaban J connectivity index is 0.00000324. The van der Waals surface area contributed by atoms with Crippen molar-refractivity contribution in [2.24, 2.45) is 0 Å². The minimum absolute atomic E-state index is 0. The molecule has 0 saturated heterocycles. The van der Waals surface area contributed by atoms with E-state index in [4.69, 9.17) is 13.6 Å². The van der Waals surface area contributed by atoms with Gasteiger partial charge in [-0.15, -0.1) is 24.3 Å². The maximum atomic E-state index is 6.45. The van der Waals surface area contributed by atoms with E-state index >= 15 is 0 Å². The number of para-hydroxylation sites is 3. The summed E-state index contributed by atoms with van der Waals surface area (Å²) in [5.41, 5.74) is 6.23. The Bertz CT molecular complexity index is 2420. The molecule has 3 aromatic heterocycles. The fourth-order valence-corrected chi connectivity index (χ4v) is 6.03. The van der Waals surface area contributed by atoms with E-state index in [9.17, 15) is 0 Å². The Morgan fingerprint density at radius 3 is 2.02 bits per heavy atom. The van der Waals surface area contributed by atoms with Crippen LogP contribution in [0.1, 0.15) is 0 Å². The van der Waals surface area contributed by atoms with Gasteiger partial charge in [-0.05, 0) is 49.8 Å². The second-order valence-electron chi connectivity index (χ2n) is 11.1. The van der Waals surface area contributed by atoms with E-state index in [2.05, 4.69) is 58.4 Å². The normalized spacial score (nSPS) is 12.8. The predicted molar refractivity (Wildman–Crippen MR) is 181 cm³/mol. The standard InChI is InChI=1S/C39H25N4O3.Pt/c1-41-19-20-42(25-41)33-23-27(21-31-29-13-5-7-15-34(29)45-38(31)33)43(26-11-3-2-4-12-26)28-22-32-30-14-6-8-16-35(30)46-39(32)36(24-28)44-37-17-9-10-18-40-37;/h2-22,25H,1H3;/q-3;. The summed E-state index contributed by atoms with van der Waals surface area (Å²) in [5, 5.41) is 3.89. The van der Waals surface area contributed by atoms with Gasteiger partial charge in [0.15, 0.2) is 0 Å². The molecule has 7 nitrogen and oxygen atoms in total. The SMILES string of the molecule is CN1C=CN(c2[c-]c(N(c3[c-]c(Oc4ccccn4)c4oc5ccccc5c4c3)c3ccccc3)cc3c2oc2ccccc23)[CH-]1.[Pt]. The maximum absolute atomic E-state index is 6.45. The molecule has 5 aromatic carbocycles. The molecule has 0 amide bonds. The van der Waals surface area contributed by atoms with E-state index in [0.29, 0.717) is 17.2 Å². The molecule has 9 rings (SSSR count). The fraction of sp³-hybridized carbons (Fsp3) is 0.0256. The monoisotopic (exact) mass is 792 g/mol. The molecule has 232 valence electrons. The summed E-state index contributed by atoms with van der Waals surface area (Å²) >= 11 is 0. The van der Waals surface area contributed by atoms with Gasteiger partial charge in [0.1, 0.15) is 11.2 Å². The Kier molecular flexibility index (Phi) is 7.19. The summed E-state index contributed by atoms with van der Waals surface area (Å²) in [7, 11) is 2.00. The van der Waals surface area contributed by atoms with Gasteiger partial charge in [0, 0.05) is 55.4 Å². The first-order valence-corrected chi connectivity index (χ1v) is 14.9. The quantitative estimate of drug-likeness (QED) is 0.156. The molecule has 1 aliphatic heterocycles. The molecule has 8 aromatic rings. The molecular weight excluding hydrogens is 768 g/mol. The van der Waals surface area contributed by atoms with Crippen molar-refractivity contribution < 1.29 is 34.6 Å². The number of aromatic nitrogens is 1. The van der Waals surface area contributed by atoms with Crippen molar-refractivity contribution in [2.75, 3.05) is 16.8 Å². The largest absolute Gasteiger partial charge is 0.514 e. The van der Waals surface area contributed by atoms with E-state index in [1.165, 1.54) is 0 Å². The zero-order chi connectivity index (χ0) is 30.6. The molecule has 0 radical (unpaired) electrons. The fourth-order valence-electron chi connectivity index (χ4n) is 6.03. The minimum Gasteiger partial charge on any atom is -0.514 e. The van der Waals surface area contributed by atoms with Gasteiger partial charge in [-0.2, -0.15) is 6.67 Å². The third-order valence-electron chi connectivity index (χ3n) is 8.11. The van der Waals surface area contributed by atoms with Crippen molar-refractivity contribution in [3.05, 3.63) is 147 Å². The number of nitrogens with zero attached hydrogens (tertiary/aromatic N) is 4. The number of pyridine rings is 1. The first-order valence-electron chi connectivity index (χ1n) is 14.9. The van der Waals surface area contributed by atoms with Crippen LogP contribution in [0.15, 0.2) is 137 Å². The number of benzene rings is 5. The summed E-state index contributed by atoms with van der Waals surface area (Å²) in [5.74, 6) is 0.889. The van der Waals surface area contributed by atoms with Gasteiger partial charge in [0.2, 0.25) is 5.88 Å². The van der Waals surface area contributed by atoms with Crippen LogP contribution in [0.4, 0.5) is 22.7 Å². The van der Waals surface area contributed by atoms with Crippen LogP contribution < -0.4 is 14.5 Å². The van der Waals surface area contributed by atoms with E-state index < -0.39 is 0 Å². The number of rotatable bonds is 6. The summed E-state index contributed by atoms with van der Waals surface area (Å²) in [6, 6.07) is 43.4. The van der Waals surface area contributed by atoms with Crippen LogP contribution in [0.25, 0.3) is 43.9 Å². The molecule has 0 saturated carbocycles. The Morgan fingerprint density at radius 2 is 1.34 bits per heavy atom. The van der Waals surface area contributed by atoms with Gasteiger partial charge < -0.3 is 28.3 Å². The Labute approximate surface area is 285 Å². The molecule has 0 spiro atoms. The smallest absolute Gasteiger partial charge is 0.216 e. The Hall–Kier alpha value is -5.52. The van der Waals surface area contributed by atoms with Crippen LogP contribution >= 0.6 is 0 Å². The summed E-state index contributed by atoms with van der Waals surface area (Å²) < 4.78 is 19.2. The van der Waals surface area contributed by atoms with Gasteiger partial charge in [0.25, 0.3) is 0 Å². The van der Waals surface area contributed by atoms with Crippen LogP contribution in [0.2, 0.25) is 0 Å². The zero-order valence-corrected chi connectivity index (χ0v) is 27.3. The second kappa shape index (κ2) is 11.7. The first kappa shape index (κ1) is 28.9. The van der Waals surface area contributed by atoms with Gasteiger partial charge in [0.05, 0.1) is 11.3 Å². The molecular formula is C39H25N4O3Pt-3. The third kappa shape index (κ3) is 5.00. The van der Waals surface area contributed by atoms with E-state index in [1.54, 1.807) is 6.20 Å². The van der Waals surface area contributed by atoms with Crippen LogP contribution in [0.3, 0.4) is 0 Å². The average molecular weight is 793 g/mol. The van der Waals surface area contributed by atoms with Gasteiger partial charge in [-0.1, -0.05) is 88.5 Å². The second-order valence-corrected chi connectivity index (χ2v) is 11.1. The average Bonchev–Trinajstić information content (AvgIpc) is 3.81. The van der Waals surface area contributed by atoms with Gasteiger partial charge in [-0.3, -0.25) is 0 Å². The van der Waals surface area contributed by atoms with Crippen molar-refractivity contribution in [1.82, 2.24) is 9.88 Å². The molecule has 8 heteroatoms. The van der Waals surface area contributed by atoms with E-state index in [0.717, 1.165) is 61.0 Å². The predicted octanol–water partition coefficient (Wildman–Crippen LogP) is 10.1. The van der Waals surface area contributed by atoms with Crippen molar-refractivity contribution in [1.29, 1.82) is 0 Å². The molecule has 0 aliphatic carbocycles. The van der Waals surface area contributed by atoms with Crippen molar-refractivity contribution in [3.63, 3.8) is 0 Å². The molecule has 0 atom stereocenters. The Morgan fingerprint density at radius 1 is 0.702 bits per heavy atom. The molecule has 0 unspecified atom stereocenters. The van der Waals surface area contributed by atoms with Crippen LogP contribution in [-0.4, -0.2) is 16.9 Å². The number of ether oxygens (including phenoxy) is 1. The van der Waals surface area contributed by atoms with Gasteiger partial charge in [-0.25, -0.2) is 4.98 Å². The van der Waals surface area contributed by atoms with E-state index in [-0.39, 0.29) is 21.1 Å². The van der Waals surface area contributed by atoms with Crippen LogP contribution in [0, 0.1) is 18.8 Å². The summed E-state index contributed by atoms with van der Waals surface area (Å²) in [6.07, 6.45) is 5.70. The molecule has 0 fully saturated rings. The number of anilines is 4. The molecule has 0 bridgehead atoms. The van der Waals surface area contributed by atoms with Crippen molar-refractivity contribution in [2.45, 2.75) is 0 Å². The zero-order valence-electron chi connectivity index (χ0n) is 25.0. The minimum atomic E-state index is 0. The molecule has 47 heavy (non-hydrogen) atoms. The van der Waals surface area contributed by atoms with Crippen molar-refractivity contribution >= 4 is 66.6 Å². The first-order chi connectivity index (χ1) is 22.7. The number of fused-ring (bicyclic) bond motifs is 6. The van der Waals surface area contributed by atoms with E-state index in [1.807, 2.05) is 109 Å². The molecule has 0 N–H and O–H groups in total. The number of hydrogen-bond acceptors (Lipinski definition) is 7.